The highest BCUT2D eigenvalue weighted by atomic mass is 32.2. The molecule has 10 heavy (non-hydrogen) atoms. The van der Waals surface area contributed by atoms with Crippen LogP contribution in [-0.2, 0) is 4.74 Å². The zero-order chi connectivity index (χ0) is 7.82. The predicted molar refractivity (Wildman–Crippen MR) is 51.4 cm³/mol. The van der Waals surface area contributed by atoms with E-state index in [1.807, 2.05) is 0 Å². The highest BCUT2D eigenvalue weighted by Gasteiger charge is 1.92. The van der Waals surface area contributed by atoms with Crippen LogP contribution in [0.2, 0.25) is 0 Å². The van der Waals surface area contributed by atoms with Gasteiger partial charge < -0.3 is 4.74 Å². The molecule has 0 saturated carbocycles. The molecule has 56 valence electrons. The average Bonchev–Trinajstić information content (AvgIpc) is 1.97. The average molecular weight is 174 g/mol. The number of hydrogen-bond donors (Lipinski definition) is 0. The van der Waals surface area contributed by atoms with Crippen molar-refractivity contribution in [2.24, 2.45) is 0 Å². The Balaban J connectivity index is 3.24. The Hall–Kier alpha value is -0.280. The Labute approximate surface area is 71.1 Å². The van der Waals surface area contributed by atoms with Gasteiger partial charge in [0.1, 0.15) is 6.61 Å². The van der Waals surface area contributed by atoms with Gasteiger partial charge in [0.05, 0.1) is 0 Å². The van der Waals surface area contributed by atoms with Gasteiger partial charge in [0.2, 0.25) is 4.38 Å². The quantitative estimate of drug-likeness (QED) is 0.478. The van der Waals surface area contributed by atoms with Crippen LogP contribution in [0.3, 0.4) is 0 Å². The number of ether oxygens (including phenoxy) is 1. The lowest BCUT2D eigenvalue weighted by Crippen LogP contribution is -1.96. The zero-order valence-electron chi connectivity index (χ0n) is 5.71. The third-order valence-electron chi connectivity index (χ3n) is 0.638. The lowest BCUT2D eigenvalue weighted by Gasteiger charge is -2.00. The zero-order valence-corrected chi connectivity index (χ0v) is 7.34. The molecule has 0 aromatic heterocycles. The number of hydrogen-bond acceptors (Lipinski definition) is 3. The van der Waals surface area contributed by atoms with Crippen molar-refractivity contribution >= 4 is 28.4 Å². The molecule has 1 nitrogen and oxygen atoms in total. The van der Waals surface area contributed by atoms with Gasteiger partial charge in [-0.15, -0.1) is 6.58 Å². The molecule has 0 aromatic rings. The fraction of sp³-hybridized carbons (Fsp3) is 0.286. The summed E-state index contributed by atoms with van der Waals surface area (Å²) < 4.78 is 5.58. The molecule has 0 aliphatic carbocycles. The minimum Gasteiger partial charge on any atom is -0.474 e. The van der Waals surface area contributed by atoms with E-state index in [0.29, 0.717) is 11.0 Å². The van der Waals surface area contributed by atoms with Crippen LogP contribution in [-0.4, -0.2) is 16.7 Å². The van der Waals surface area contributed by atoms with E-state index < -0.39 is 0 Å². The van der Waals surface area contributed by atoms with E-state index in [2.05, 4.69) is 13.2 Å². The summed E-state index contributed by atoms with van der Waals surface area (Å²) in [4.78, 5) is 0. The number of thiocarbonyl (C=S) groups is 1. The van der Waals surface area contributed by atoms with Crippen molar-refractivity contribution < 1.29 is 4.74 Å². The normalized spacial score (nSPS) is 8.40. The molecule has 0 aliphatic rings. The second-order valence-corrected chi connectivity index (χ2v) is 3.07. The summed E-state index contributed by atoms with van der Waals surface area (Å²) in [6.07, 6.45) is 3.45. The van der Waals surface area contributed by atoms with Gasteiger partial charge >= 0.3 is 0 Å². The molecule has 0 N–H and O–H groups in total. The van der Waals surface area contributed by atoms with E-state index in [0.717, 1.165) is 5.75 Å². The fourth-order valence-electron chi connectivity index (χ4n) is 0.296. The molecule has 0 radical (unpaired) electrons. The summed E-state index contributed by atoms with van der Waals surface area (Å²) in [5, 5.41) is 0. The largest absolute Gasteiger partial charge is 0.474 e. The van der Waals surface area contributed by atoms with Crippen LogP contribution in [0.4, 0.5) is 0 Å². The van der Waals surface area contributed by atoms with Crippen LogP contribution >= 0.6 is 24.0 Å². The van der Waals surface area contributed by atoms with Crippen LogP contribution in [0.15, 0.2) is 25.3 Å². The second kappa shape index (κ2) is 6.83. The molecular weight excluding hydrogens is 164 g/mol. The molecule has 0 aromatic carbocycles. The molecule has 0 amide bonds. The van der Waals surface area contributed by atoms with Gasteiger partial charge in [-0.1, -0.05) is 30.5 Å². The van der Waals surface area contributed by atoms with Gasteiger partial charge in [-0.2, -0.15) is 0 Å². The lowest BCUT2D eigenvalue weighted by molar-refractivity contribution is 0.371. The first-order valence-corrected chi connectivity index (χ1v) is 4.22. The van der Waals surface area contributed by atoms with E-state index in [1.165, 1.54) is 11.8 Å². The van der Waals surface area contributed by atoms with Crippen LogP contribution < -0.4 is 0 Å². The highest BCUT2D eigenvalue weighted by Crippen LogP contribution is 2.04. The summed E-state index contributed by atoms with van der Waals surface area (Å²) in [7, 11) is 0. The van der Waals surface area contributed by atoms with E-state index in [9.17, 15) is 0 Å². The van der Waals surface area contributed by atoms with E-state index in [4.69, 9.17) is 17.0 Å². The molecule has 0 bridgehead atoms. The smallest absolute Gasteiger partial charge is 0.220 e. The third kappa shape index (κ3) is 5.85. The second-order valence-electron chi connectivity index (χ2n) is 1.45. The molecule has 0 saturated heterocycles. The Morgan fingerprint density at radius 3 is 2.70 bits per heavy atom. The topological polar surface area (TPSA) is 9.23 Å². The molecule has 0 atom stereocenters. The predicted octanol–water partition coefficient (Wildman–Crippen LogP) is 2.39. The summed E-state index contributed by atoms with van der Waals surface area (Å²) in [6, 6.07) is 0. The molecule has 0 unspecified atom stereocenters. The Kier molecular flexibility index (Phi) is 6.64. The number of thioether (sulfide) groups is 1. The summed E-state index contributed by atoms with van der Waals surface area (Å²) in [5.41, 5.74) is 0. The van der Waals surface area contributed by atoms with Crippen LogP contribution in [0, 0.1) is 0 Å². The van der Waals surface area contributed by atoms with Crippen LogP contribution in [0.1, 0.15) is 0 Å². The minimum absolute atomic E-state index is 0.489. The molecule has 0 fully saturated rings. The Morgan fingerprint density at radius 2 is 2.20 bits per heavy atom. The van der Waals surface area contributed by atoms with E-state index in [1.54, 1.807) is 12.2 Å². The summed E-state index contributed by atoms with van der Waals surface area (Å²) in [6.45, 7) is 7.54. The Bertz CT molecular complexity index is 118. The van der Waals surface area contributed by atoms with Gasteiger partial charge in [0.25, 0.3) is 0 Å². The maximum atomic E-state index is 5.02. The maximum Gasteiger partial charge on any atom is 0.220 e. The fourth-order valence-corrected chi connectivity index (χ4v) is 0.973. The monoisotopic (exact) mass is 174 g/mol. The van der Waals surface area contributed by atoms with Crippen molar-refractivity contribution in [2.75, 3.05) is 12.4 Å². The van der Waals surface area contributed by atoms with Gasteiger partial charge in [-0.05, 0) is 12.2 Å². The van der Waals surface area contributed by atoms with Crippen molar-refractivity contribution in [3.8, 4) is 0 Å². The molecular formula is C7H10OS2. The van der Waals surface area contributed by atoms with Crippen LogP contribution in [0.25, 0.3) is 0 Å². The van der Waals surface area contributed by atoms with Gasteiger partial charge in [-0.25, -0.2) is 0 Å². The third-order valence-corrected chi connectivity index (χ3v) is 1.87. The Morgan fingerprint density at radius 1 is 1.50 bits per heavy atom. The van der Waals surface area contributed by atoms with Crippen molar-refractivity contribution in [3.63, 3.8) is 0 Å². The van der Waals surface area contributed by atoms with E-state index in [-0.39, 0.29) is 0 Å². The molecule has 0 spiro atoms. The molecule has 0 rings (SSSR count). The SMILES string of the molecule is C=CCOC(=S)SCC=C. The van der Waals surface area contributed by atoms with Crippen molar-refractivity contribution in [2.45, 2.75) is 0 Å². The molecule has 0 heterocycles. The first-order valence-electron chi connectivity index (χ1n) is 2.82. The lowest BCUT2D eigenvalue weighted by atomic mass is 10.7. The van der Waals surface area contributed by atoms with Crippen molar-refractivity contribution in [3.05, 3.63) is 25.3 Å². The maximum absolute atomic E-state index is 5.02. The van der Waals surface area contributed by atoms with E-state index >= 15 is 0 Å². The molecule has 3 heteroatoms. The number of rotatable bonds is 4. The van der Waals surface area contributed by atoms with Gasteiger partial charge in [0, 0.05) is 5.75 Å². The van der Waals surface area contributed by atoms with Crippen molar-refractivity contribution in [1.82, 2.24) is 0 Å². The highest BCUT2D eigenvalue weighted by molar-refractivity contribution is 8.22. The minimum atomic E-state index is 0.489. The first-order chi connectivity index (χ1) is 4.81. The first kappa shape index (κ1) is 9.72. The van der Waals surface area contributed by atoms with Gasteiger partial charge in [0.15, 0.2) is 0 Å². The summed E-state index contributed by atoms with van der Waals surface area (Å²) in [5.74, 6) is 0.802. The summed E-state index contributed by atoms with van der Waals surface area (Å²) >= 11 is 6.29. The van der Waals surface area contributed by atoms with Gasteiger partial charge in [-0.3, -0.25) is 0 Å². The van der Waals surface area contributed by atoms with Crippen LogP contribution in [0.5, 0.6) is 0 Å². The molecule has 0 aliphatic heterocycles. The van der Waals surface area contributed by atoms with Crippen molar-refractivity contribution in [1.29, 1.82) is 0 Å². The standard InChI is InChI=1S/C7H10OS2/c1-3-5-8-7(9)10-6-4-2/h3-4H,1-2,5-6H2.